The minimum Gasteiger partial charge on any atom is -0.405 e. The van der Waals surface area contributed by atoms with Gasteiger partial charge in [-0.3, -0.25) is 11.3 Å². The van der Waals surface area contributed by atoms with Crippen molar-refractivity contribution < 1.29 is 17.9 Å². The molecule has 2 rings (SSSR count). The quantitative estimate of drug-likeness (QED) is 0.642. The Hall–Kier alpha value is -1.27. The smallest absolute Gasteiger partial charge is 0.405 e. The first kappa shape index (κ1) is 15.1. The predicted octanol–water partition coefficient (Wildman–Crippen LogP) is 3.67. The van der Waals surface area contributed by atoms with Crippen LogP contribution in [0.5, 0.6) is 5.75 Å². The molecule has 0 heterocycles. The summed E-state index contributed by atoms with van der Waals surface area (Å²) < 4.78 is 41.3. The summed E-state index contributed by atoms with van der Waals surface area (Å²) in [5, 5.41) is 0. The number of nitrogens with one attached hydrogen (secondary N) is 1. The zero-order valence-corrected chi connectivity index (χ0v) is 11.1. The van der Waals surface area contributed by atoms with Crippen molar-refractivity contribution in [3.63, 3.8) is 0 Å². The van der Waals surface area contributed by atoms with Gasteiger partial charge >= 0.3 is 6.36 Å². The third-order valence-corrected chi connectivity index (χ3v) is 3.77. The minimum absolute atomic E-state index is 0.180. The average Bonchev–Trinajstić information content (AvgIpc) is 2.88. The Labute approximate surface area is 116 Å². The van der Waals surface area contributed by atoms with Gasteiger partial charge in [-0.2, -0.15) is 0 Å². The van der Waals surface area contributed by atoms with Gasteiger partial charge in [0.15, 0.2) is 0 Å². The maximum Gasteiger partial charge on any atom is 0.573 e. The highest BCUT2D eigenvalue weighted by Gasteiger charge is 2.33. The van der Waals surface area contributed by atoms with E-state index in [0.29, 0.717) is 11.5 Å². The summed E-state index contributed by atoms with van der Waals surface area (Å²) in [4.78, 5) is 0. The maximum atomic E-state index is 12.4. The minimum atomic E-state index is -4.69. The Morgan fingerprint density at radius 1 is 1.25 bits per heavy atom. The molecule has 3 nitrogen and oxygen atoms in total. The van der Waals surface area contributed by atoms with Gasteiger partial charge in [-0.1, -0.05) is 43.9 Å². The van der Waals surface area contributed by atoms with Gasteiger partial charge in [0.2, 0.25) is 0 Å². The first-order chi connectivity index (χ1) is 9.49. The van der Waals surface area contributed by atoms with Crippen molar-refractivity contribution in [2.75, 3.05) is 0 Å². The van der Waals surface area contributed by atoms with E-state index in [2.05, 4.69) is 10.2 Å². The predicted molar refractivity (Wildman–Crippen MR) is 69.8 cm³/mol. The van der Waals surface area contributed by atoms with Gasteiger partial charge < -0.3 is 4.74 Å². The van der Waals surface area contributed by atoms with Crippen LogP contribution in [0, 0.1) is 5.92 Å². The second kappa shape index (κ2) is 6.45. The number of hydrazine groups is 1. The third kappa shape index (κ3) is 4.11. The fourth-order valence-electron chi connectivity index (χ4n) is 2.85. The lowest BCUT2D eigenvalue weighted by Gasteiger charge is -2.23. The van der Waals surface area contributed by atoms with Gasteiger partial charge in [0.1, 0.15) is 5.75 Å². The summed E-state index contributed by atoms with van der Waals surface area (Å²) in [6.07, 6.45) is 0.629. The number of para-hydroxylation sites is 1. The van der Waals surface area contributed by atoms with E-state index in [9.17, 15) is 13.2 Å². The summed E-state index contributed by atoms with van der Waals surface area (Å²) >= 11 is 0. The number of ether oxygens (including phenoxy) is 1. The highest BCUT2D eigenvalue weighted by molar-refractivity contribution is 5.36. The molecule has 20 heavy (non-hydrogen) atoms. The van der Waals surface area contributed by atoms with Crippen molar-refractivity contribution in [3.05, 3.63) is 29.8 Å². The molecular formula is C14H19F3N2O. The molecule has 0 spiro atoms. The molecule has 0 aliphatic heterocycles. The molecule has 3 N–H and O–H groups in total. The van der Waals surface area contributed by atoms with Gasteiger partial charge in [0, 0.05) is 11.6 Å². The number of alkyl halides is 3. The van der Waals surface area contributed by atoms with E-state index < -0.39 is 6.36 Å². The van der Waals surface area contributed by atoms with E-state index in [1.165, 1.54) is 25.0 Å². The van der Waals surface area contributed by atoms with Crippen molar-refractivity contribution in [2.24, 2.45) is 11.8 Å². The van der Waals surface area contributed by atoms with Crippen molar-refractivity contribution in [3.8, 4) is 5.75 Å². The van der Waals surface area contributed by atoms with Crippen LogP contribution < -0.4 is 16.0 Å². The molecule has 1 unspecified atom stereocenters. The summed E-state index contributed by atoms with van der Waals surface area (Å²) in [7, 11) is 0. The lowest BCUT2D eigenvalue weighted by Crippen LogP contribution is -2.30. The zero-order valence-electron chi connectivity index (χ0n) is 11.1. The van der Waals surface area contributed by atoms with Crippen LogP contribution in [0.4, 0.5) is 13.2 Å². The maximum absolute atomic E-state index is 12.4. The highest BCUT2D eigenvalue weighted by Crippen LogP contribution is 2.36. The molecule has 1 aliphatic rings. The first-order valence-corrected chi connectivity index (χ1v) is 6.80. The average molecular weight is 288 g/mol. The molecule has 6 heteroatoms. The van der Waals surface area contributed by atoms with Crippen molar-refractivity contribution in [1.29, 1.82) is 0 Å². The van der Waals surface area contributed by atoms with Crippen LogP contribution in [-0.2, 0) is 0 Å². The second-order valence-electron chi connectivity index (χ2n) is 5.19. The summed E-state index contributed by atoms with van der Waals surface area (Å²) in [5.41, 5.74) is 3.08. The summed E-state index contributed by atoms with van der Waals surface area (Å²) in [6, 6.07) is 5.84. The first-order valence-electron chi connectivity index (χ1n) is 6.80. The fraction of sp³-hybridized carbons (Fsp3) is 0.571. The molecule has 0 aromatic heterocycles. The van der Waals surface area contributed by atoms with Crippen LogP contribution >= 0.6 is 0 Å². The molecule has 1 atom stereocenters. The van der Waals surface area contributed by atoms with Gasteiger partial charge in [-0.25, -0.2) is 0 Å². The van der Waals surface area contributed by atoms with E-state index in [1.54, 1.807) is 12.1 Å². The van der Waals surface area contributed by atoms with E-state index in [1.807, 2.05) is 0 Å². The Morgan fingerprint density at radius 2 is 1.90 bits per heavy atom. The van der Waals surface area contributed by atoms with Crippen LogP contribution in [0.25, 0.3) is 0 Å². The van der Waals surface area contributed by atoms with E-state index >= 15 is 0 Å². The number of nitrogens with two attached hydrogens (primary N) is 1. The molecule has 1 aromatic carbocycles. The molecular weight excluding hydrogens is 269 g/mol. The van der Waals surface area contributed by atoms with Crippen molar-refractivity contribution in [2.45, 2.75) is 44.5 Å². The fourth-order valence-corrected chi connectivity index (χ4v) is 2.85. The Balaban J connectivity index is 2.15. The van der Waals surface area contributed by atoms with Gasteiger partial charge in [0.25, 0.3) is 0 Å². The van der Waals surface area contributed by atoms with Crippen LogP contribution in [-0.4, -0.2) is 6.36 Å². The SMILES string of the molecule is NNC(CC1CCCC1)c1ccccc1OC(F)(F)F. The number of benzene rings is 1. The van der Waals surface area contributed by atoms with E-state index in [0.717, 1.165) is 19.3 Å². The lowest BCUT2D eigenvalue weighted by atomic mass is 9.93. The zero-order chi connectivity index (χ0) is 14.6. The lowest BCUT2D eigenvalue weighted by molar-refractivity contribution is -0.275. The van der Waals surface area contributed by atoms with Gasteiger partial charge in [-0.15, -0.1) is 13.2 Å². The third-order valence-electron chi connectivity index (χ3n) is 3.77. The molecule has 0 bridgehead atoms. The molecule has 0 radical (unpaired) electrons. The molecule has 1 saturated carbocycles. The van der Waals surface area contributed by atoms with Crippen LogP contribution in [0.15, 0.2) is 24.3 Å². The molecule has 0 amide bonds. The van der Waals surface area contributed by atoms with Crippen LogP contribution in [0.1, 0.15) is 43.7 Å². The normalized spacial score (nSPS) is 18.2. The molecule has 112 valence electrons. The number of hydrogen-bond donors (Lipinski definition) is 2. The van der Waals surface area contributed by atoms with E-state index in [-0.39, 0.29) is 11.8 Å². The Morgan fingerprint density at radius 3 is 2.50 bits per heavy atom. The Bertz CT molecular complexity index is 431. The number of rotatable bonds is 5. The molecule has 1 aliphatic carbocycles. The largest absolute Gasteiger partial charge is 0.573 e. The number of hydrogen-bond acceptors (Lipinski definition) is 3. The number of halogens is 3. The second-order valence-corrected chi connectivity index (χ2v) is 5.19. The molecule has 0 saturated heterocycles. The topological polar surface area (TPSA) is 47.3 Å². The van der Waals surface area contributed by atoms with Crippen LogP contribution in [0.2, 0.25) is 0 Å². The summed E-state index contributed by atoms with van der Waals surface area (Å²) in [5.74, 6) is 5.86. The highest BCUT2D eigenvalue weighted by atomic mass is 19.4. The molecule has 1 fully saturated rings. The summed E-state index contributed by atoms with van der Waals surface area (Å²) in [6.45, 7) is 0. The Kier molecular flexibility index (Phi) is 4.88. The standard InChI is InChI=1S/C14H19F3N2O/c15-14(16,17)20-13-8-4-3-7-11(13)12(19-18)9-10-5-1-2-6-10/h3-4,7-8,10,12,19H,1-2,5-6,9,18H2. The van der Waals surface area contributed by atoms with Crippen molar-refractivity contribution >= 4 is 0 Å². The molecule has 1 aromatic rings. The monoisotopic (exact) mass is 288 g/mol. The van der Waals surface area contributed by atoms with Crippen LogP contribution in [0.3, 0.4) is 0 Å². The van der Waals surface area contributed by atoms with E-state index in [4.69, 9.17) is 5.84 Å². The van der Waals surface area contributed by atoms with Gasteiger partial charge in [0.05, 0.1) is 0 Å². The van der Waals surface area contributed by atoms with Crippen molar-refractivity contribution in [1.82, 2.24) is 5.43 Å². The van der Waals surface area contributed by atoms with Gasteiger partial charge in [-0.05, 0) is 18.4 Å².